The molecule has 0 saturated carbocycles. The van der Waals surface area contributed by atoms with E-state index in [9.17, 15) is 14.4 Å². The highest BCUT2D eigenvalue weighted by Gasteiger charge is 2.51. The Kier molecular flexibility index (Phi) is 26.7. The summed E-state index contributed by atoms with van der Waals surface area (Å²) in [5.74, 6) is 0.613. The molecule has 7 heterocycles. The van der Waals surface area contributed by atoms with E-state index >= 15 is 0 Å². The van der Waals surface area contributed by atoms with Gasteiger partial charge in [-0.05, 0) is 158 Å². The van der Waals surface area contributed by atoms with Gasteiger partial charge in [-0.15, -0.1) is 17.0 Å². The lowest BCUT2D eigenvalue weighted by Gasteiger charge is -2.32. The molecule has 5 N–H and O–H groups in total. The smallest absolute Gasteiger partial charge is 0.480 e. The maximum atomic E-state index is 11.7. The van der Waals surface area contributed by atoms with Crippen molar-refractivity contribution >= 4 is 113 Å². The van der Waals surface area contributed by atoms with E-state index in [1.54, 1.807) is 96.5 Å². The first-order valence-electron chi connectivity index (χ1n) is 22.0. The molecule has 0 spiro atoms. The molecule has 6 aromatic heterocycles. The van der Waals surface area contributed by atoms with Crippen molar-refractivity contribution in [1.82, 2.24) is 29.9 Å². The van der Waals surface area contributed by atoms with Crippen LogP contribution in [0.2, 0.25) is 0 Å². The average Bonchev–Trinajstić information content (AvgIpc) is 3.54. The summed E-state index contributed by atoms with van der Waals surface area (Å²) in [6.07, 6.45) is 17.1. The van der Waals surface area contributed by atoms with E-state index in [-0.39, 0.29) is 27.7 Å². The molecule has 0 aromatic carbocycles. The molecule has 2 atom stereocenters. The van der Waals surface area contributed by atoms with Crippen LogP contribution in [0.5, 0.6) is 0 Å². The van der Waals surface area contributed by atoms with Crippen LogP contribution in [0.15, 0.2) is 129 Å². The number of aromatic nitrogens is 6. The third-order valence-corrected chi connectivity index (χ3v) is 11.2. The first-order valence-corrected chi connectivity index (χ1v) is 24.9. The fourth-order valence-corrected chi connectivity index (χ4v) is 5.81. The molecular weight excluding hydrogens is 1170 g/mol. The number of carboxylic acid groups (broad SMARTS) is 1. The molecule has 2 amide bonds. The van der Waals surface area contributed by atoms with E-state index in [4.69, 9.17) is 24.9 Å². The number of rotatable bonds is 10. The second-order valence-corrected chi connectivity index (χ2v) is 20.8. The number of carbonyl (C=O) groups is 3. The van der Waals surface area contributed by atoms with E-state index in [0.29, 0.717) is 17.5 Å². The average molecular weight is 1230 g/mol. The third kappa shape index (κ3) is 24.2. The monoisotopic (exact) mass is 1230 g/mol. The topological polar surface area (TPSA) is 227 Å². The van der Waals surface area contributed by atoms with Gasteiger partial charge >= 0.3 is 19.2 Å². The van der Waals surface area contributed by atoms with Gasteiger partial charge in [0, 0.05) is 66.6 Å². The molecule has 71 heavy (non-hydrogen) atoms. The normalized spacial score (nSPS) is 13.7. The van der Waals surface area contributed by atoms with Crippen LogP contribution in [0.4, 0.5) is 22.2 Å². The van der Waals surface area contributed by atoms with Crippen molar-refractivity contribution in [1.29, 1.82) is 0 Å². The zero-order valence-electron chi connectivity index (χ0n) is 41.2. The summed E-state index contributed by atoms with van der Waals surface area (Å²) < 4.78 is 17.1. The van der Waals surface area contributed by atoms with Crippen LogP contribution in [0.1, 0.15) is 90.1 Å². The molecule has 1 aliphatic rings. The van der Waals surface area contributed by atoms with Gasteiger partial charge in [-0.3, -0.25) is 29.9 Å². The van der Waals surface area contributed by atoms with Gasteiger partial charge in [-0.2, -0.15) is 0 Å². The Morgan fingerprint density at radius 1 is 0.662 bits per heavy atom. The Bertz CT molecular complexity index is 2460. The molecule has 6 aromatic rings. The zero-order valence-corrected chi connectivity index (χ0v) is 47.6. The maximum Gasteiger partial charge on any atom is 0.496 e. The van der Waals surface area contributed by atoms with E-state index in [1.165, 1.54) is 16.7 Å². The predicted molar refractivity (Wildman–Crippen MR) is 297 cm³/mol. The van der Waals surface area contributed by atoms with E-state index in [2.05, 4.69) is 88.3 Å². The van der Waals surface area contributed by atoms with E-state index in [1.807, 2.05) is 94.4 Å². The quantitative estimate of drug-likeness (QED) is 0.0739. The largest absolute Gasteiger partial charge is 0.496 e. The third-order valence-electron chi connectivity index (χ3n) is 9.78. The van der Waals surface area contributed by atoms with Gasteiger partial charge in [-0.1, -0.05) is 66.0 Å². The van der Waals surface area contributed by atoms with Gasteiger partial charge in [0.05, 0.1) is 16.0 Å². The van der Waals surface area contributed by atoms with Crippen molar-refractivity contribution in [2.24, 2.45) is 0 Å². The van der Waals surface area contributed by atoms with Gasteiger partial charge in [0.15, 0.2) is 0 Å². The minimum absolute atomic E-state index is 0. The fraction of sp³-hybridized carbons (Fsp3) is 0.340. The van der Waals surface area contributed by atoms with E-state index in [0.717, 1.165) is 34.8 Å². The van der Waals surface area contributed by atoms with Gasteiger partial charge in [-0.25, -0.2) is 19.7 Å². The molecule has 16 nitrogen and oxygen atoms in total. The number of aliphatic carboxylic acids is 1. The molecular formula is C50H62BBr4N9O7. The van der Waals surface area contributed by atoms with Crippen LogP contribution in [0, 0.1) is 0 Å². The van der Waals surface area contributed by atoms with Gasteiger partial charge in [0.25, 0.3) is 0 Å². The number of carbonyl (C=O) groups excluding carboxylic acids is 2. The number of ether oxygens (including phenoxy) is 1. The molecule has 21 heteroatoms. The first-order chi connectivity index (χ1) is 33.0. The molecule has 1 aliphatic heterocycles. The van der Waals surface area contributed by atoms with Crippen LogP contribution in [0.25, 0.3) is 0 Å². The number of pyridine rings is 6. The van der Waals surface area contributed by atoms with Crippen molar-refractivity contribution in [2.45, 2.75) is 107 Å². The Balaban J connectivity index is 0.000000324. The highest BCUT2D eigenvalue weighted by Crippen LogP contribution is 2.36. The SMILES string of the molecule is Br.BrCc1ccncc1.CC(Br)C(=O)Nc1ccc(Cc2ccncc2)cn1.CC(Br)C(=O)O.CC(C)(C)OC(=O)Nc1ccc(B2OC(C)(C)C(C)(C)O2)cn1.Nc1ccc(Cc2ccncc2)cn1. The number of nitrogens with two attached hydrogens (primary N) is 1. The van der Waals surface area contributed by atoms with Gasteiger partial charge < -0.3 is 30.2 Å². The van der Waals surface area contributed by atoms with Crippen LogP contribution in [0.3, 0.4) is 0 Å². The number of hydrogen-bond acceptors (Lipinski definition) is 13. The minimum Gasteiger partial charge on any atom is -0.480 e. The van der Waals surface area contributed by atoms with Crippen LogP contribution < -0.4 is 21.8 Å². The zero-order chi connectivity index (χ0) is 51.9. The van der Waals surface area contributed by atoms with Crippen molar-refractivity contribution in [3.8, 4) is 0 Å². The number of nitrogens with zero attached hydrogens (tertiary/aromatic N) is 6. The molecule has 0 bridgehead atoms. The summed E-state index contributed by atoms with van der Waals surface area (Å²) in [5, 5.41) is 14.2. The summed E-state index contributed by atoms with van der Waals surface area (Å²) in [5.41, 5.74) is 10.9. The Labute approximate surface area is 452 Å². The summed E-state index contributed by atoms with van der Waals surface area (Å²) in [6.45, 7) is 16.7. The number of nitrogen functional groups attached to an aromatic ring is 1. The van der Waals surface area contributed by atoms with Crippen molar-refractivity contribution in [3.05, 3.63) is 156 Å². The van der Waals surface area contributed by atoms with E-state index < -0.39 is 40.8 Å². The minimum atomic E-state index is -0.824. The lowest BCUT2D eigenvalue weighted by atomic mass is 9.80. The first kappa shape index (κ1) is 61.9. The number of amides is 2. The van der Waals surface area contributed by atoms with Crippen LogP contribution in [-0.2, 0) is 41.8 Å². The number of carboxylic acids is 1. The van der Waals surface area contributed by atoms with Crippen molar-refractivity contribution < 1.29 is 33.5 Å². The van der Waals surface area contributed by atoms with Gasteiger partial charge in [0.2, 0.25) is 5.91 Å². The molecule has 0 radical (unpaired) electrons. The molecule has 7 rings (SSSR count). The maximum absolute atomic E-state index is 11.7. The Morgan fingerprint density at radius 2 is 1.08 bits per heavy atom. The number of nitrogens with one attached hydrogen (secondary N) is 2. The highest BCUT2D eigenvalue weighted by atomic mass is 79.9. The number of halogens is 4. The van der Waals surface area contributed by atoms with Crippen molar-refractivity contribution in [2.75, 3.05) is 16.4 Å². The molecule has 1 saturated heterocycles. The van der Waals surface area contributed by atoms with Crippen LogP contribution in [-0.4, -0.2) is 86.6 Å². The van der Waals surface area contributed by atoms with Gasteiger partial charge in [0.1, 0.15) is 27.9 Å². The second kappa shape index (κ2) is 30.6. The molecule has 0 aliphatic carbocycles. The lowest BCUT2D eigenvalue weighted by molar-refractivity contribution is -0.135. The Morgan fingerprint density at radius 3 is 1.44 bits per heavy atom. The number of alkyl halides is 3. The molecule has 1 fully saturated rings. The molecule has 2 unspecified atom stereocenters. The number of hydrogen-bond donors (Lipinski definition) is 4. The van der Waals surface area contributed by atoms with Crippen LogP contribution >= 0.6 is 64.8 Å². The standard InChI is InChI=1S/C16H25BN2O4.C14H14BrN3O.C11H11N3.C6H6BrN.C3H5BrO2.BrH/c1-14(2,3)21-13(20)19-12-9-8-11(10-18-12)17-22-15(4,5)16(6,7)23-17;1-10(15)14(19)18-13-3-2-12(9-17-13)8-11-4-6-16-7-5-11;12-11-2-1-10(8-14-11)7-9-3-5-13-6-4-9;7-5-6-1-3-8-4-2-6;1-2(4)3(5)6;/h8-10H,1-7H3,(H,18,19,20);2-7,9-10H,8H2,1H3,(H,17,18,19);1-6,8H,7H2,(H2,12,14);1-4H,5H2;2H,1H3,(H,5,6);1H. The lowest BCUT2D eigenvalue weighted by Crippen LogP contribution is -2.41. The predicted octanol–water partition coefficient (Wildman–Crippen LogP) is 10.6. The summed E-state index contributed by atoms with van der Waals surface area (Å²) in [6, 6.07) is 23.0. The summed E-state index contributed by atoms with van der Waals surface area (Å²) in [4.78, 5) is 56.5. The second-order valence-electron chi connectivity index (χ2n) is 17.4. The molecule has 380 valence electrons. The van der Waals surface area contributed by atoms with Crippen molar-refractivity contribution in [3.63, 3.8) is 0 Å². The summed E-state index contributed by atoms with van der Waals surface area (Å²) >= 11 is 9.38. The Hall–Kier alpha value is -5.19. The highest BCUT2D eigenvalue weighted by molar-refractivity contribution is 9.10. The number of anilines is 3. The fourth-order valence-electron chi connectivity index (χ4n) is 5.32. The summed E-state index contributed by atoms with van der Waals surface area (Å²) in [7, 11) is -0.469.